The Morgan fingerprint density at radius 1 is 0.840 bits per heavy atom. The van der Waals surface area contributed by atoms with Crippen LogP contribution >= 0.6 is 0 Å². The van der Waals surface area contributed by atoms with E-state index in [9.17, 15) is 0 Å². The van der Waals surface area contributed by atoms with Crippen molar-refractivity contribution in [1.82, 2.24) is 19.8 Å². The van der Waals surface area contributed by atoms with Crippen molar-refractivity contribution in [3.8, 4) is 0 Å². The van der Waals surface area contributed by atoms with Crippen LogP contribution in [0, 0.1) is 5.41 Å². The Hall–Kier alpha value is -1.78. The lowest BCUT2D eigenvalue weighted by Crippen LogP contribution is -2.31. The maximum Gasteiger partial charge on any atom is 0.0547 e. The van der Waals surface area contributed by atoms with Crippen LogP contribution in [0.5, 0.6) is 0 Å². The Morgan fingerprint density at radius 3 is 2.16 bits per heavy atom. The van der Waals surface area contributed by atoms with Crippen LogP contribution in [0.4, 0.5) is 0 Å². The molecule has 0 fully saturated rings. The number of hydrogen-bond donors (Lipinski definition) is 0. The van der Waals surface area contributed by atoms with Gasteiger partial charge in [0.1, 0.15) is 0 Å². The Morgan fingerprint density at radius 2 is 1.52 bits per heavy atom. The lowest BCUT2D eigenvalue weighted by atomic mass is 9.90. The van der Waals surface area contributed by atoms with Crippen molar-refractivity contribution in [3.05, 3.63) is 59.7 Å². The second-order valence-corrected chi connectivity index (χ2v) is 8.19. The van der Waals surface area contributed by atoms with Gasteiger partial charge in [0.15, 0.2) is 0 Å². The molecule has 2 aromatic heterocycles. The van der Waals surface area contributed by atoms with Gasteiger partial charge in [-0.15, -0.1) is 0 Å². The van der Waals surface area contributed by atoms with Crippen LogP contribution in [0.3, 0.4) is 0 Å². The summed E-state index contributed by atoms with van der Waals surface area (Å²) in [6.45, 7) is 10.5. The maximum atomic E-state index is 4.89. The van der Waals surface area contributed by atoms with Gasteiger partial charge in [0.05, 0.1) is 11.4 Å². The molecule has 0 aliphatic carbocycles. The average Bonchev–Trinajstić information content (AvgIpc) is 2.52. The fourth-order valence-electron chi connectivity index (χ4n) is 2.76. The standard InChI is InChI=1S/C21H32N4/c1-21(2,3)15-18-10-8-11-20(23-18)17-25(14-13-24(4)5)16-19-9-6-7-12-22-19/h6-12H,13-17H2,1-5H3. The van der Waals surface area contributed by atoms with Crippen molar-refractivity contribution in [2.24, 2.45) is 5.41 Å². The van der Waals surface area contributed by atoms with Crippen molar-refractivity contribution in [3.63, 3.8) is 0 Å². The van der Waals surface area contributed by atoms with Crippen molar-refractivity contribution in [2.75, 3.05) is 27.2 Å². The molecule has 0 saturated carbocycles. The second kappa shape index (κ2) is 9.07. The van der Waals surface area contributed by atoms with Gasteiger partial charge < -0.3 is 4.90 Å². The molecule has 2 rings (SSSR count). The molecule has 0 aromatic carbocycles. The maximum absolute atomic E-state index is 4.89. The highest BCUT2D eigenvalue weighted by Crippen LogP contribution is 2.19. The van der Waals surface area contributed by atoms with Crippen LogP contribution in [-0.4, -0.2) is 47.0 Å². The fourth-order valence-corrected chi connectivity index (χ4v) is 2.76. The summed E-state index contributed by atoms with van der Waals surface area (Å²) in [7, 11) is 4.22. The van der Waals surface area contributed by atoms with E-state index in [1.807, 2.05) is 12.3 Å². The first-order chi connectivity index (χ1) is 11.8. The van der Waals surface area contributed by atoms with Gasteiger partial charge in [0, 0.05) is 38.1 Å². The zero-order valence-corrected chi connectivity index (χ0v) is 16.4. The Kier molecular flexibility index (Phi) is 7.09. The molecule has 136 valence electrons. The molecule has 0 spiro atoms. The highest BCUT2D eigenvalue weighted by Gasteiger charge is 2.14. The Balaban J connectivity index is 2.08. The molecule has 4 heteroatoms. The van der Waals surface area contributed by atoms with Gasteiger partial charge >= 0.3 is 0 Å². The molecule has 0 saturated heterocycles. The monoisotopic (exact) mass is 340 g/mol. The number of aromatic nitrogens is 2. The largest absolute Gasteiger partial charge is 0.308 e. The predicted molar refractivity (Wildman–Crippen MR) is 104 cm³/mol. The van der Waals surface area contributed by atoms with Crippen molar-refractivity contribution in [2.45, 2.75) is 40.3 Å². The first-order valence-corrected chi connectivity index (χ1v) is 9.04. The summed E-state index contributed by atoms with van der Waals surface area (Å²) in [4.78, 5) is 14.0. The van der Waals surface area contributed by atoms with Gasteiger partial charge in [-0.2, -0.15) is 0 Å². The van der Waals surface area contributed by atoms with Crippen LogP contribution in [0.25, 0.3) is 0 Å². The number of hydrogen-bond acceptors (Lipinski definition) is 4. The first kappa shape index (κ1) is 19.5. The van der Waals surface area contributed by atoms with E-state index >= 15 is 0 Å². The van der Waals surface area contributed by atoms with Crippen LogP contribution in [0.2, 0.25) is 0 Å². The van der Waals surface area contributed by atoms with E-state index in [0.29, 0.717) is 0 Å². The van der Waals surface area contributed by atoms with E-state index in [4.69, 9.17) is 4.98 Å². The van der Waals surface area contributed by atoms with Gasteiger partial charge in [-0.1, -0.05) is 32.9 Å². The summed E-state index contributed by atoms with van der Waals surface area (Å²) in [5.74, 6) is 0. The van der Waals surface area contributed by atoms with Gasteiger partial charge in [-0.3, -0.25) is 14.9 Å². The van der Waals surface area contributed by atoms with E-state index in [0.717, 1.165) is 44.0 Å². The summed E-state index contributed by atoms with van der Waals surface area (Å²) in [6.07, 6.45) is 2.86. The third kappa shape index (κ3) is 7.76. The summed E-state index contributed by atoms with van der Waals surface area (Å²) in [6, 6.07) is 12.5. The van der Waals surface area contributed by atoms with Crippen LogP contribution in [0.1, 0.15) is 37.9 Å². The summed E-state index contributed by atoms with van der Waals surface area (Å²) in [5, 5.41) is 0. The van der Waals surface area contributed by atoms with E-state index in [1.165, 1.54) is 5.69 Å². The number of nitrogens with zero attached hydrogens (tertiary/aromatic N) is 4. The highest BCUT2D eigenvalue weighted by molar-refractivity contribution is 5.13. The Labute approximate surface area is 152 Å². The predicted octanol–water partition coefficient (Wildman–Crippen LogP) is 3.63. The molecular weight excluding hydrogens is 308 g/mol. The van der Waals surface area contributed by atoms with Gasteiger partial charge in [0.25, 0.3) is 0 Å². The Bertz CT molecular complexity index is 632. The molecule has 4 nitrogen and oxygen atoms in total. The second-order valence-electron chi connectivity index (χ2n) is 8.19. The molecule has 0 aliphatic rings. The van der Waals surface area contributed by atoms with E-state index in [-0.39, 0.29) is 5.41 Å². The van der Waals surface area contributed by atoms with Crippen molar-refractivity contribution < 1.29 is 0 Å². The number of likely N-dealkylation sites (N-methyl/N-ethyl adjacent to an activating group) is 1. The van der Waals surface area contributed by atoms with Crippen molar-refractivity contribution >= 4 is 0 Å². The van der Waals surface area contributed by atoms with E-state index in [2.05, 4.69) is 80.0 Å². The summed E-state index contributed by atoms with van der Waals surface area (Å²) >= 11 is 0. The fraction of sp³-hybridized carbons (Fsp3) is 0.524. The van der Waals surface area contributed by atoms with Crippen LogP contribution in [0.15, 0.2) is 42.6 Å². The first-order valence-electron chi connectivity index (χ1n) is 9.04. The summed E-state index contributed by atoms with van der Waals surface area (Å²) in [5.41, 5.74) is 3.67. The quantitative estimate of drug-likeness (QED) is 0.734. The van der Waals surface area contributed by atoms with E-state index < -0.39 is 0 Å². The minimum absolute atomic E-state index is 0.254. The molecule has 0 aliphatic heterocycles. The molecule has 0 unspecified atom stereocenters. The molecule has 0 amide bonds. The molecular formula is C21H32N4. The zero-order valence-electron chi connectivity index (χ0n) is 16.4. The third-order valence-electron chi connectivity index (χ3n) is 3.94. The van der Waals surface area contributed by atoms with Crippen LogP contribution < -0.4 is 0 Å². The lowest BCUT2D eigenvalue weighted by Gasteiger charge is -2.24. The van der Waals surface area contributed by atoms with Crippen molar-refractivity contribution in [1.29, 1.82) is 0 Å². The molecule has 0 bridgehead atoms. The SMILES string of the molecule is CN(C)CCN(Cc1ccccn1)Cc1cccc(CC(C)(C)C)n1. The highest BCUT2D eigenvalue weighted by atomic mass is 15.2. The molecule has 25 heavy (non-hydrogen) atoms. The smallest absolute Gasteiger partial charge is 0.0547 e. The van der Waals surface area contributed by atoms with Gasteiger partial charge in [-0.25, -0.2) is 0 Å². The van der Waals surface area contributed by atoms with E-state index in [1.54, 1.807) is 0 Å². The van der Waals surface area contributed by atoms with Crippen LogP contribution in [-0.2, 0) is 19.5 Å². The summed E-state index contributed by atoms with van der Waals surface area (Å²) < 4.78 is 0. The van der Waals surface area contributed by atoms with Gasteiger partial charge in [-0.05, 0) is 50.2 Å². The van der Waals surface area contributed by atoms with Gasteiger partial charge in [0.2, 0.25) is 0 Å². The lowest BCUT2D eigenvalue weighted by molar-refractivity contribution is 0.221. The molecule has 0 N–H and O–H groups in total. The number of rotatable bonds is 8. The molecule has 2 aromatic rings. The minimum Gasteiger partial charge on any atom is -0.308 e. The minimum atomic E-state index is 0.254. The molecule has 2 heterocycles. The normalized spacial score (nSPS) is 12.1. The average molecular weight is 341 g/mol. The number of pyridine rings is 2. The molecule has 0 atom stereocenters. The molecule has 0 radical (unpaired) electrons. The zero-order chi connectivity index (χ0) is 18.3. The topological polar surface area (TPSA) is 32.3 Å². The third-order valence-corrected chi connectivity index (χ3v) is 3.94.